The zero-order chi connectivity index (χ0) is 9.68. The maximum Gasteiger partial charge on any atom is 0.509 e. The van der Waals surface area contributed by atoms with Gasteiger partial charge in [0.2, 0.25) is 5.88 Å². The Kier molecular flexibility index (Phi) is 3.66. The zero-order valence-electron chi connectivity index (χ0n) is 7.34. The summed E-state index contributed by atoms with van der Waals surface area (Å²) in [7, 11) is -1.58. The lowest BCUT2D eigenvalue weighted by Gasteiger charge is -2.02. The summed E-state index contributed by atoms with van der Waals surface area (Å²) < 4.78 is 5.15. The number of hydrogen-bond donors (Lipinski definition) is 2. The van der Waals surface area contributed by atoms with E-state index in [9.17, 15) is 0 Å². The van der Waals surface area contributed by atoms with E-state index in [0.29, 0.717) is 12.5 Å². The third kappa shape index (κ3) is 3.00. The van der Waals surface area contributed by atoms with Gasteiger partial charge in [-0.25, -0.2) is 4.98 Å². The van der Waals surface area contributed by atoms with Gasteiger partial charge < -0.3 is 14.8 Å². The van der Waals surface area contributed by atoms with Crippen LogP contribution in [0.1, 0.15) is 13.3 Å². The number of nitrogens with zero attached hydrogens (tertiary/aromatic N) is 2. The van der Waals surface area contributed by atoms with Gasteiger partial charge in [0.1, 0.15) is 0 Å². The van der Waals surface area contributed by atoms with Crippen LogP contribution in [0, 0.1) is 0 Å². The van der Waals surface area contributed by atoms with Crippen molar-refractivity contribution in [3.05, 3.63) is 12.4 Å². The lowest BCUT2D eigenvalue weighted by Crippen LogP contribution is -2.32. The SMILES string of the molecule is CCCOc1cnc(B(O)O)cn1. The van der Waals surface area contributed by atoms with Crippen molar-refractivity contribution >= 4 is 12.7 Å². The summed E-state index contributed by atoms with van der Waals surface area (Å²) in [6, 6.07) is 0. The largest absolute Gasteiger partial charge is 0.509 e. The monoisotopic (exact) mass is 182 g/mol. The van der Waals surface area contributed by atoms with Gasteiger partial charge in [-0.15, -0.1) is 0 Å². The number of rotatable bonds is 4. The van der Waals surface area contributed by atoms with Crippen LogP contribution in [0.3, 0.4) is 0 Å². The molecule has 70 valence electrons. The van der Waals surface area contributed by atoms with Gasteiger partial charge in [-0.3, -0.25) is 4.98 Å². The minimum Gasteiger partial charge on any atom is -0.477 e. The molecule has 2 N–H and O–H groups in total. The molecule has 1 rings (SSSR count). The van der Waals surface area contributed by atoms with Crippen molar-refractivity contribution in [3.8, 4) is 5.88 Å². The van der Waals surface area contributed by atoms with Gasteiger partial charge in [0.25, 0.3) is 0 Å². The lowest BCUT2D eigenvalue weighted by molar-refractivity contribution is 0.304. The molecule has 6 heteroatoms. The Balaban J connectivity index is 2.59. The lowest BCUT2D eigenvalue weighted by atomic mass is 9.87. The van der Waals surface area contributed by atoms with Crippen molar-refractivity contribution < 1.29 is 14.8 Å². The Labute approximate surface area is 76.6 Å². The highest BCUT2D eigenvalue weighted by Gasteiger charge is 2.12. The van der Waals surface area contributed by atoms with Crippen LogP contribution in [-0.2, 0) is 0 Å². The summed E-state index contributed by atoms with van der Waals surface area (Å²) in [6.45, 7) is 2.56. The van der Waals surface area contributed by atoms with Gasteiger partial charge >= 0.3 is 7.12 Å². The first-order valence-corrected chi connectivity index (χ1v) is 4.05. The zero-order valence-corrected chi connectivity index (χ0v) is 7.34. The first-order chi connectivity index (χ1) is 6.24. The fourth-order valence-electron chi connectivity index (χ4n) is 0.741. The maximum absolute atomic E-state index is 8.70. The molecular formula is C7H11BN2O3. The van der Waals surface area contributed by atoms with Crippen LogP contribution >= 0.6 is 0 Å². The normalized spacial score (nSPS) is 9.77. The smallest absolute Gasteiger partial charge is 0.477 e. The molecule has 0 spiro atoms. The molecule has 0 saturated heterocycles. The molecule has 0 aliphatic carbocycles. The molecular weight excluding hydrogens is 171 g/mol. The van der Waals surface area contributed by atoms with Crippen LogP contribution in [0.2, 0.25) is 0 Å². The highest BCUT2D eigenvalue weighted by molar-refractivity contribution is 6.57. The second kappa shape index (κ2) is 4.79. The summed E-state index contributed by atoms with van der Waals surface area (Å²) in [5.74, 6) is 0.395. The highest BCUT2D eigenvalue weighted by Crippen LogP contribution is 2.00. The van der Waals surface area contributed by atoms with Gasteiger partial charge in [0, 0.05) is 6.20 Å². The number of ether oxygens (including phenoxy) is 1. The number of aromatic nitrogens is 2. The van der Waals surface area contributed by atoms with Gasteiger partial charge in [-0.2, -0.15) is 0 Å². The summed E-state index contributed by atoms with van der Waals surface area (Å²) in [6.07, 6.45) is 3.53. The van der Waals surface area contributed by atoms with Crippen LogP contribution < -0.4 is 10.3 Å². The Morgan fingerprint density at radius 3 is 2.62 bits per heavy atom. The summed E-state index contributed by atoms with van der Waals surface area (Å²) in [5, 5.41) is 17.4. The Morgan fingerprint density at radius 1 is 1.38 bits per heavy atom. The van der Waals surface area contributed by atoms with Crippen LogP contribution in [0.25, 0.3) is 0 Å². The topological polar surface area (TPSA) is 75.5 Å². The first kappa shape index (κ1) is 9.95. The molecule has 0 aliphatic rings. The van der Waals surface area contributed by atoms with Crippen molar-refractivity contribution in [2.75, 3.05) is 6.61 Å². The standard InChI is InChI=1S/C7H11BN2O3/c1-2-3-13-7-5-9-6(4-10-7)8(11)12/h4-5,11-12H,2-3H2,1H3. The molecule has 1 heterocycles. The van der Waals surface area contributed by atoms with Crippen molar-refractivity contribution in [1.82, 2.24) is 9.97 Å². The van der Waals surface area contributed by atoms with E-state index < -0.39 is 7.12 Å². The molecule has 1 aromatic heterocycles. The van der Waals surface area contributed by atoms with E-state index >= 15 is 0 Å². The molecule has 0 bridgehead atoms. The second-order valence-corrected chi connectivity index (χ2v) is 2.50. The Hall–Kier alpha value is -1.14. The Bertz CT molecular complexity index is 252. The van der Waals surface area contributed by atoms with Crippen molar-refractivity contribution in [3.63, 3.8) is 0 Å². The molecule has 0 unspecified atom stereocenters. The average molecular weight is 182 g/mol. The van der Waals surface area contributed by atoms with E-state index in [4.69, 9.17) is 14.8 Å². The minimum atomic E-state index is -1.58. The molecule has 0 saturated carbocycles. The average Bonchev–Trinajstić information content (AvgIpc) is 2.15. The van der Waals surface area contributed by atoms with E-state index in [1.165, 1.54) is 12.4 Å². The maximum atomic E-state index is 8.70. The fourth-order valence-corrected chi connectivity index (χ4v) is 0.741. The van der Waals surface area contributed by atoms with Gasteiger partial charge in [-0.1, -0.05) is 6.92 Å². The van der Waals surface area contributed by atoms with E-state index in [1.54, 1.807) is 0 Å². The Morgan fingerprint density at radius 2 is 2.15 bits per heavy atom. The molecule has 1 aromatic rings. The van der Waals surface area contributed by atoms with E-state index in [-0.39, 0.29) is 5.59 Å². The van der Waals surface area contributed by atoms with Crippen LogP contribution in [-0.4, -0.2) is 33.7 Å². The molecule has 0 fully saturated rings. The van der Waals surface area contributed by atoms with Crippen molar-refractivity contribution in [2.24, 2.45) is 0 Å². The van der Waals surface area contributed by atoms with Crippen molar-refractivity contribution in [2.45, 2.75) is 13.3 Å². The van der Waals surface area contributed by atoms with E-state index in [2.05, 4.69) is 9.97 Å². The van der Waals surface area contributed by atoms with Gasteiger partial charge in [0.15, 0.2) is 0 Å². The molecule has 5 nitrogen and oxygen atoms in total. The quantitative estimate of drug-likeness (QED) is 0.580. The summed E-state index contributed by atoms with van der Waals surface area (Å²) in [4.78, 5) is 7.58. The van der Waals surface area contributed by atoms with Gasteiger partial charge in [0.05, 0.1) is 18.4 Å². The second-order valence-electron chi connectivity index (χ2n) is 2.50. The molecule has 0 amide bonds. The molecule has 0 atom stereocenters. The minimum absolute atomic E-state index is 0.115. The number of hydrogen-bond acceptors (Lipinski definition) is 5. The van der Waals surface area contributed by atoms with Crippen LogP contribution in [0.5, 0.6) is 5.88 Å². The summed E-state index contributed by atoms with van der Waals surface area (Å²) in [5.41, 5.74) is 0.115. The van der Waals surface area contributed by atoms with E-state index in [0.717, 1.165) is 6.42 Å². The molecule has 0 radical (unpaired) electrons. The third-order valence-corrected chi connectivity index (χ3v) is 1.37. The van der Waals surface area contributed by atoms with Crippen LogP contribution in [0.4, 0.5) is 0 Å². The summed E-state index contributed by atoms with van der Waals surface area (Å²) >= 11 is 0. The van der Waals surface area contributed by atoms with Gasteiger partial charge in [-0.05, 0) is 6.42 Å². The third-order valence-electron chi connectivity index (χ3n) is 1.37. The van der Waals surface area contributed by atoms with E-state index in [1.807, 2.05) is 6.92 Å². The molecule has 13 heavy (non-hydrogen) atoms. The van der Waals surface area contributed by atoms with Crippen molar-refractivity contribution in [1.29, 1.82) is 0 Å². The molecule has 0 aromatic carbocycles. The fraction of sp³-hybridized carbons (Fsp3) is 0.429. The highest BCUT2D eigenvalue weighted by atomic mass is 16.5. The predicted molar refractivity (Wildman–Crippen MR) is 47.6 cm³/mol. The first-order valence-electron chi connectivity index (χ1n) is 4.05. The predicted octanol–water partition coefficient (Wildman–Crippen LogP) is -1.05. The van der Waals surface area contributed by atoms with Crippen LogP contribution in [0.15, 0.2) is 12.4 Å². The molecule has 0 aliphatic heterocycles.